The van der Waals surface area contributed by atoms with E-state index >= 15 is 0 Å². The normalized spacial score (nSPS) is 27.4. The molecule has 0 spiro atoms. The molecule has 120 valence electrons. The molecule has 1 amide bonds. The molecule has 2 unspecified atom stereocenters. The van der Waals surface area contributed by atoms with Crippen molar-refractivity contribution < 1.29 is 9.53 Å². The molecule has 0 saturated heterocycles. The number of carbonyl (C=O) groups is 1. The molecule has 20 heavy (non-hydrogen) atoms. The van der Waals surface area contributed by atoms with E-state index in [1.807, 2.05) is 25.7 Å². The quantitative estimate of drug-likeness (QED) is 0.786. The van der Waals surface area contributed by atoms with Gasteiger partial charge in [0.25, 0.3) is 0 Å². The summed E-state index contributed by atoms with van der Waals surface area (Å²) >= 11 is 0. The molecule has 0 bridgehead atoms. The third-order valence-electron chi connectivity index (χ3n) is 4.49. The molecule has 0 aromatic heterocycles. The number of nitrogens with zero attached hydrogens (tertiary/aromatic N) is 1. The number of hydrogen-bond donors (Lipinski definition) is 1. The first kappa shape index (κ1) is 19.7. The summed E-state index contributed by atoms with van der Waals surface area (Å²) in [6.07, 6.45) is 2.67. The molecule has 1 saturated carbocycles. The predicted molar refractivity (Wildman–Crippen MR) is 85.1 cm³/mol. The monoisotopic (exact) mass is 306 g/mol. The number of carbonyl (C=O) groups excluding carboxylic acids is 1. The van der Waals surface area contributed by atoms with Gasteiger partial charge >= 0.3 is 0 Å². The van der Waals surface area contributed by atoms with Crippen LogP contribution in [0.2, 0.25) is 0 Å². The first-order valence-electron chi connectivity index (χ1n) is 7.55. The zero-order valence-corrected chi connectivity index (χ0v) is 14.4. The highest BCUT2D eigenvalue weighted by Gasteiger charge is 2.63. The van der Waals surface area contributed by atoms with Crippen LogP contribution in [0, 0.1) is 5.41 Å². The lowest BCUT2D eigenvalue weighted by Gasteiger charge is -2.58. The Morgan fingerprint density at radius 1 is 1.25 bits per heavy atom. The standard InChI is InChI=1S/C15H30N2O2.ClH/c1-6-9-17(10-7-2)13(18)15(16)11-12(19-8-3)14(15,4)5;/h12H,6-11,16H2,1-5H3;1H. The first-order chi connectivity index (χ1) is 8.85. The van der Waals surface area contributed by atoms with Gasteiger partial charge in [0.1, 0.15) is 5.54 Å². The van der Waals surface area contributed by atoms with E-state index in [1.165, 1.54) is 0 Å². The summed E-state index contributed by atoms with van der Waals surface area (Å²) in [6.45, 7) is 12.5. The number of amides is 1. The molecular weight excluding hydrogens is 276 g/mol. The van der Waals surface area contributed by atoms with E-state index in [1.54, 1.807) is 0 Å². The second-order valence-corrected chi connectivity index (χ2v) is 6.13. The van der Waals surface area contributed by atoms with Crippen LogP contribution in [-0.2, 0) is 9.53 Å². The fraction of sp³-hybridized carbons (Fsp3) is 0.933. The van der Waals surface area contributed by atoms with Gasteiger partial charge in [-0.1, -0.05) is 27.7 Å². The maximum atomic E-state index is 12.7. The van der Waals surface area contributed by atoms with Gasteiger partial charge in [-0.25, -0.2) is 0 Å². The van der Waals surface area contributed by atoms with Crippen molar-refractivity contribution in [3.63, 3.8) is 0 Å². The van der Waals surface area contributed by atoms with Crippen LogP contribution in [0.5, 0.6) is 0 Å². The van der Waals surface area contributed by atoms with Gasteiger partial charge in [0.15, 0.2) is 0 Å². The molecule has 4 nitrogen and oxygen atoms in total. The zero-order valence-electron chi connectivity index (χ0n) is 13.6. The number of rotatable bonds is 7. The Kier molecular flexibility index (Phi) is 7.50. The molecule has 2 N–H and O–H groups in total. The van der Waals surface area contributed by atoms with Crippen LogP contribution in [-0.4, -0.2) is 42.1 Å². The largest absolute Gasteiger partial charge is 0.378 e. The predicted octanol–water partition coefficient (Wildman–Crippen LogP) is 2.59. The van der Waals surface area contributed by atoms with E-state index < -0.39 is 5.54 Å². The number of nitrogens with two attached hydrogens (primary N) is 1. The molecule has 1 aliphatic carbocycles. The second kappa shape index (κ2) is 7.62. The minimum absolute atomic E-state index is 0. The average Bonchev–Trinajstić information content (AvgIpc) is 2.37. The summed E-state index contributed by atoms with van der Waals surface area (Å²) in [5.74, 6) is 0.0946. The lowest BCUT2D eigenvalue weighted by Crippen LogP contribution is -2.76. The van der Waals surface area contributed by atoms with Crippen molar-refractivity contribution in [1.29, 1.82) is 0 Å². The Balaban J connectivity index is 0.00000361. The first-order valence-corrected chi connectivity index (χ1v) is 7.55. The third kappa shape index (κ3) is 3.29. The SMILES string of the molecule is CCCN(CCC)C(=O)C1(N)CC(OCC)C1(C)C.Cl. The molecule has 0 aromatic carbocycles. The van der Waals surface area contributed by atoms with Gasteiger partial charge in [-0.3, -0.25) is 4.79 Å². The fourth-order valence-electron chi connectivity index (χ4n) is 2.94. The molecule has 0 aliphatic heterocycles. The van der Waals surface area contributed by atoms with Gasteiger partial charge in [0.05, 0.1) is 6.10 Å². The molecule has 1 rings (SSSR count). The highest BCUT2D eigenvalue weighted by molar-refractivity contribution is 5.89. The number of halogens is 1. The summed E-state index contributed by atoms with van der Waals surface area (Å²) < 4.78 is 5.69. The summed E-state index contributed by atoms with van der Waals surface area (Å²) in [4.78, 5) is 14.7. The van der Waals surface area contributed by atoms with E-state index in [9.17, 15) is 4.79 Å². The van der Waals surface area contributed by atoms with Gasteiger partial charge in [-0.05, 0) is 19.8 Å². The molecule has 0 heterocycles. The topological polar surface area (TPSA) is 55.6 Å². The Morgan fingerprint density at radius 3 is 2.10 bits per heavy atom. The molecule has 2 atom stereocenters. The van der Waals surface area contributed by atoms with Crippen LogP contribution >= 0.6 is 12.4 Å². The van der Waals surface area contributed by atoms with E-state index in [4.69, 9.17) is 10.5 Å². The van der Waals surface area contributed by atoms with Crippen molar-refractivity contribution >= 4 is 18.3 Å². The van der Waals surface area contributed by atoms with E-state index in [0.717, 1.165) is 25.9 Å². The van der Waals surface area contributed by atoms with Crippen LogP contribution in [0.4, 0.5) is 0 Å². The summed E-state index contributed by atoms with van der Waals surface area (Å²) in [5, 5.41) is 0. The molecular formula is C15H31ClN2O2. The highest BCUT2D eigenvalue weighted by Crippen LogP contribution is 2.50. The van der Waals surface area contributed by atoms with Gasteiger partial charge in [-0.15, -0.1) is 12.4 Å². The fourth-order valence-corrected chi connectivity index (χ4v) is 2.94. The Labute approximate surface area is 129 Å². The van der Waals surface area contributed by atoms with Crippen LogP contribution in [0.1, 0.15) is 53.9 Å². The van der Waals surface area contributed by atoms with Gasteiger partial charge in [0, 0.05) is 31.5 Å². The molecule has 0 radical (unpaired) electrons. The van der Waals surface area contributed by atoms with Crippen LogP contribution < -0.4 is 5.73 Å². The lowest BCUT2D eigenvalue weighted by atomic mass is 9.54. The molecule has 0 aromatic rings. The van der Waals surface area contributed by atoms with Crippen molar-refractivity contribution in [1.82, 2.24) is 4.90 Å². The van der Waals surface area contributed by atoms with Crippen molar-refractivity contribution in [2.24, 2.45) is 11.1 Å². The maximum Gasteiger partial charge on any atom is 0.243 e. The second-order valence-electron chi connectivity index (χ2n) is 6.13. The third-order valence-corrected chi connectivity index (χ3v) is 4.49. The van der Waals surface area contributed by atoms with Crippen molar-refractivity contribution in [2.45, 2.75) is 65.5 Å². The molecule has 1 aliphatic rings. The minimum atomic E-state index is -0.767. The maximum absolute atomic E-state index is 12.7. The van der Waals surface area contributed by atoms with E-state index in [-0.39, 0.29) is 29.8 Å². The zero-order chi connectivity index (χ0) is 14.7. The summed E-state index contributed by atoms with van der Waals surface area (Å²) in [7, 11) is 0. The number of hydrogen-bond acceptors (Lipinski definition) is 3. The van der Waals surface area contributed by atoms with Crippen molar-refractivity contribution in [3.8, 4) is 0 Å². The Hall–Kier alpha value is -0.320. The number of ether oxygens (including phenoxy) is 1. The average molecular weight is 307 g/mol. The Morgan fingerprint density at radius 2 is 1.75 bits per heavy atom. The van der Waals surface area contributed by atoms with E-state index in [0.29, 0.717) is 13.0 Å². The van der Waals surface area contributed by atoms with Crippen molar-refractivity contribution in [3.05, 3.63) is 0 Å². The summed E-state index contributed by atoms with van der Waals surface area (Å²) in [5.41, 5.74) is 5.38. The van der Waals surface area contributed by atoms with Gasteiger partial charge in [-0.2, -0.15) is 0 Å². The van der Waals surface area contributed by atoms with E-state index in [2.05, 4.69) is 13.8 Å². The molecule has 1 fully saturated rings. The van der Waals surface area contributed by atoms with Crippen LogP contribution in [0.3, 0.4) is 0 Å². The van der Waals surface area contributed by atoms with Crippen molar-refractivity contribution in [2.75, 3.05) is 19.7 Å². The summed E-state index contributed by atoms with van der Waals surface area (Å²) in [6, 6.07) is 0. The minimum Gasteiger partial charge on any atom is -0.378 e. The smallest absolute Gasteiger partial charge is 0.243 e. The van der Waals surface area contributed by atoms with Crippen LogP contribution in [0.25, 0.3) is 0 Å². The highest BCUT2D eigenvalue weighted by atomic mass is 35.5. The Bertz CT molecular complexity index is 317. The molecule has 5 heteroatoms. The van der Waals surface area contributed by atoms with Crippen LogP contribution in [0.15, 0.2) is 0 Å². The lowest BCUT2D eigenvalue weighted by molar-refractivity contribution is -0.179. The van der Waals surface area contributed by atoms with Gasteiger partial charge < -0.3 is 15.4 Å². The van der Waals surface area contributed by atoms with Gasteiger partial charge in [0.2, 0.25) is 5.91 Å².